The first-order chi connectivity index (χ1) is 15.1. The van der Waals surface area contributed by atoms with Gasteiger partial charge < -0.3 is 23.9 Å². The number of amides is 1. The number of hydrogen-bond donors (Lipinski definition) is 1. The number of ether oxygens (including phenoxy) is 2. The number of fused-ring (bicyclic) bond motifs is 4. The number of carbonyl (C=O) groups is 1. The van der Waals surface area contributed by atoms with Crippen molar-refractivity contribution >= 4 is 28.4 Å². The Kier molecular flexibility index (Phi) is 4.17. The molecule has 0 saturated carbocycles. The Balaban J connectivity index is 1.21. The van der Waals surface area contributed by atoms with Crippen molar-refractivity contribution in [2.24, 2.45) is 0 Å². The first-order valence-corrected chi connectivity index (χ1v) is 10.4. The van der Waals surface area contributed by atoms with Gasteiger partial charge in [0.2, 0.25) is 12.6 Å². The maximum Gasteiger partial charge on any atom is 0.292 e. The second-order valence-corrected chi connectivity index (χ2v) is 8.23. The molecule has 0 spiro atoms. The molecule has 8 heteroatoms. The van der Waals surface area contributed by atoms with E-state index >= 15 is 0 Å². The minimum atomic E-state index is -0.161. The fraction of sp³-hybridized carbons (Fsp3) is 0.217. The van der Waals surface area contributed by atoms with Crippen molar-refractivity contribution in [3.63, 3.8) is 0 Å². The number of halogens is 1. The second kappa shape index (κ2) is 7.06. The van der Waals surface area contributed by atoms with Crippen molar-refractivity contribution in [3.05, 3.63) is 75.8 Å². The Morgan fingerprint density at radius 2 is 2.03 bits per heavy atom. The fourth-order valence-corrected chi connectivity index (χ4v) is 4.44. The molecule has 0 unspecified atom stereocenters. The Labute approximate surface area is 182 Å². The average Bonchev–Trinajstić information content (AvgIpc) is 3.51. The van der Waals surface area contributed by atoms with Crippen LogP contribution in [0.5, 0.6) is 11.5 Å². The number of aromatic amines is 1. The number of rotatable bonds is 3. The van der Waals surface area contributed by atoms with E-state index in [2.05, 4.69) is 10.1 Å². The zero-order chi connectivity index (χ0) is 20.9. The normalized spacial score (nSPS) is 14.8. The third kappa shape index (κ3) is 3.21. The summed E-state index contributed by atoms with van der Waals surface area (Å²) in [5, 5.41) is 5.84. The van der Waals surface area contributed by atoms with Crippen LogP contribution in [0, 0.1) is 0 Å². The topological polar surface area (TPSA) is 80.6 Å². The van der Waals surface area contributed by atoms with Gasteiger partial charge in [-0.2, -0.15) is 0 Å². The first kappa shape index (κ1) is 18.3. The van der Waals surface area contributed by atoms with Gasteiger partial charge in [-0.05, 0) is 35.9 Å². The Bertz CT molecular complexity index is 1330. The Morgan fingerprint density at radius 3 is 2.97 bits per heavy atom. The van der Waals surface area contributed by atoms with Gasteiger partial charge >= 0.3 is 0 Å². The number of carbonyl (C=O) groups excluding carboxylic acids is 1. The van der Waals surface area contributed by atoms with Crippen molar-refractivity contribution in [1.82, 2.24) is 15.0 Å². The highest BCUT2D eigenvalue weighted by atomic mass is 35.5. The molecule has 6 rings (SSSR count). The van der Waals surface area contributed by atoms with E-state index in [1.165, 1.54) is 0 Å². The molecule has 0 bridgehead atoms. The van der Waals surface area contributed by atoms with Crippen molar-refractivity contribution in [2.75, 3.05) is 13.3 Å². The third-order valence-corrected chi connectivity index (χ3v) is 6.05. The highest BCUT2D eigenvalue weighted by molar-refractivity contribution is 6.31. The number of aromatic nitrogens is 2. The van der Waals surface area contributed by atoms with Crippen molar-refractivity contribution in [2.45, 2.75) is 19.4 Å². The highest BCUT2D eigenvalue weighted by Gasteiger charge is 2.27. The van der Waals surface area contributed by atoms with Crippen LogP contribution in [0.4, 0.5) is 0 Å². The maximum absolute atomic E-state index is 13.1. The van der Waals surface area contributed by atoms with E-state index < -0.39 is 0 Å². The van der Waals surface area contributed by atoms with Gasteiger partial charge in [0.15, 0.2) is 11.5 Å². The van der Waals surface area contributed by atoms with Crippen LogP contribution in [0.25, 0.3) is 10.9 Å². The Hall–Kier alpha value is -3.45. The van der Waals surface area contributed by atoms with Crippen LogP contribution in [0.2, 0.25) is 5.02 Å². The molecule has 4 aromatic rings. The van der Waals surface area contributed by atoms with E-state index in [1.807, 2.05) is 36.4 Å². The zero-order valence-electron chi connectivity index (χ0n) is 16.5. The van der Waals surface area contributed by atoms with Crippen LogP contribution in [0.3, 0.4) is 0 Å². The van der Waals surface area contributed by atoms with Gasteiger partial charge in [0.1, 0.15) is 0 Å². The lowest BCUT2D eigenvalue weighted by Crippen LogP contribution is -2.35. The van der Waals surface area contributed by atoms with Crippen LogP contribution in [0.1, 0.15) is 33.1 Å². The van der Waals surface area contributed by atoms with Crippen molar-refractivity contribution < 1.29 is 18.8 Å². The van der Waals surface area contributed by atoms with Crippen LogP contribution < -0.4 is 9.47 Å². The molecule has 2 aromatic heterocycles. The lowest BCUT2D eigenvalue weighted by Gasteiger charge is -2.26. The predicted octanol–water partition coefficient (Wildman–Crippen LogP) is 4.33. The average molecular weight is 436 g/mol. The fourth-order valence-electron chi connectivity index (χ4n) is 4.27. The molecular weight excluding hydrogens is 418 g/mol. The molecule has 1 N–H and O–H groups in total. The lowest BCUT2D eigenvalue weighted by molar-refractivity contribution is 0.0692. The van der Waals surface area contributed by atoms with Crippen molar-refractivity contribution in [3.8, 4) is 11.5 Å². The molecule has 1 amide bonds. The molecular formula is C23H18ClN3O4. The number of hydrogen-bond acceptors (Lipinski definition) is 5. The number of H-pyrrole nitrogens is 1. The second-order valence-electron chi connectivity index (χ2n) is 7.80. The van der Waals surface area contributed by atoms with Gasteiger partial charge in [-0.1, -0.05) is 22.8 Å². The van der Waals surface area contributed by atoms with E-state index in [1.54, 1.807) is 11.0 Å². The highest BCUT2D eigenvalue weighted by Crippen LogP contribution is 2.33. The molecule has 0 atom stereocenters. The summed E-state index contributed by atoms with van der Waals surface area (Å²) < 4.78 is 16.2. The van der Waals surface area contributed by atoms with Crippen LogP contribution >= 0.6 is 11.6 Å². The first-order valence-electron chi connectivity index (χ1n) is 10.1. The van der Waals surface area contributed by atoms with Crippen LogP contribution in [-0.4, -0.2) is 34.3 Å². The largest absolute Gasteiger partial charge is 0.454 e. The molecule has 0 radical (unpaired) electrons. The summed E-state index contributed by atoms with van der Waals surface area (Å²) in [5.74, 6) is 1.55. The third-order valence-electron chi connectivity index (χ3n) is 5.82. The minimum absolute atomic E-state index is 0.161. The van der Waals surface area contributed by atoms with Gasteiger partial charge in [0, 0.05) is 59.2 Å². The van der Waals surface area contributed by atoms with E-state index in [-0.39, 0.29) is 18.5 Å². The molecule has 4 heterocycles. The summed E-state index contributed by atoms with van der Waals surface area (Å²) in [6.45, 7) is 1.36. The van der Waals surface area contributed by atoms with E-state index in [0.29, 0.717) is 30.2 Å². The van der Waals surface area contributed by atoms with Gasteiger partial charge in [-0.25, -0.2) is 0 Å². The summed E-state index contributed by atoms with van der Waals surface area (Å²) >= 11 is 6.18. The van der Waals surface area contributed by atoms with Gasteiger partial charge in [-0.3, -0.25) is 4.79 Å². The summed E-state index contributed by atoms with van der Waals surface area (Å²) in [6.07, 6.45) is 1.30. The summed E-state index contributed by atoms with van der Waals surface area (Å²) in [4.78, 5) is 18.3. The molecule has 2 aromatic carbocycles. The quantitative estimate of drug-likeness (QED) is 0.518. The zero-order valence-corrected chi connectivity index (χ0v) is 17.2. The standard InChI is InChI=1S/C23H18ClN3O4/c24-14-2-3-18-16(9-14)17-11-27(6-5-19(17)25-18)23(28)22-10-15(26-31-22)7-13-1-4-20-21(8-13)30-12-29-20/h1-4,8-10,25H,5-7,11-12H2. The lowest BCUT2D eigenvalue weighted by atomic mass is 10.0. The van der Waals surface area contributed by atoms with Gasteiger partial charge in [0.25, 0.3) is 5.91 Å². The number of benzene rings is 2. The smallest absolute Gasteiger partial charge is 0.292 e. The summed E-state index contributed by atoms with van der Waals surface area (Å²) in [6, 6.07) is 13.3. The van der Waals surface area contributed by atoms with Crippen molar-refractivity contribution in [1.29, 1.82) is 0 Å². The minimum Gasteiger partial charge on any atom is -0.454 e. The van der Waals surface area contributed by atoms with Gasteiger partial charge in [-0.15, -0.1) is 0 Å². The molecule has 31 heavy (non-hydrogen) atoms. The maximum atomic E-state index is 13.1. The molecule has 2 aliphatic heterocycles. The molecule has 7 nitrogen and oxygen atoms in total. The number of nitrogens with one attached hydrogen (secondary N) is 1. The predicted molar refractivity (Wildman–Crippen MR) is 114 cm³/mol. The van der Waals surface area contributed by atoms with E-state index in [9.17, 15) is 4.79 Å². The molecule has 0 saturated heterocycles. The molecule has 2 aliphatic rings. The SMILES string of the molecule is O=C(c1cc(Cc2ccc3c(c2)OCO3)no1)N1CCc2[nH]c3ccc(Cl)cc3c2C1. The van der Waals surface area contributed by atoms with Crippen LogP contribution in [-0.2, 0) is 19.4 Å². The molecule has 0 aliphatic carbocycles. The summed E-state index contributed by atoms with van der Waals surface area (Å²) in [7, 11) is 0. The molecule has 0 fully saturated rings. The van der Waals surface area contributed by atoms with Gasteiger partial charge in [0.05, 0.1) is 5.69 Å². The van der Waals surface area contributed by atoms with E-state index in [4.69, 9.17) is 25.6 Å². The van der Waals surface area contributed by atoms with Crippen LogP contribution in [0.15, 0.2) is 47.0 Å². The summed E-state index contributed by atoms with van der Waals surface area (Å²) in [5.41, 5.74) is 5.00. The number of nitrogens with zero attached hydrogens (tertiary/aromatic N) is 2. The molecule has 156 valence electrons. The van der Waals surface area contributed by atoms with E-state index in [0.717, 1.165) is 45.6 Å². The monoisotopic (exact) mass is 435 g/mol. The Morgan fingerprint density at radius 1 is 1.13 bits per heavy atom.